The third-order valence-electron chi connectivity index (χ3n) is 5.01. The van der Waals surface area contributed by atoms with E-state index < -0.39 is 12.1 Å². The first-order valence-corrected chi connectivity index (χ1v) is 9.17. The van der Waals surface area contributed by atoms with E-state index in [0.29, 0.717) is 12.3 Å². The molecule has 1 aromatic rings. The number of piperidine rings is 1. The summed E-state index contributed by atoms with van der Waals surface area (Å²) >= 11 is 0. The number of anilines is 2. The first-order chi connectivity index (χ1) is 12.6. The molecule has 0 bridgehead atoms. The number of hydrogen-bond acceptors (Lipinski definition) is 5. The molecule has 2 aliphatic rings. The van der Waals surface area contributed by atoms with Gasteiger partial charge in [0.15, 0.2) is 6.10 Å². The Morgan fingerprint density at radius 1 is 1.27 bits per heavy atom. The Labute approximate surface area is 153 Å². The third-order valence-corrected chi connectivity index (χ3v) is 5.01. The van der Waals surface area contributed by atoms with E-state index in [4.69, 9.17) is 9.47 Å². The number of carboxylic acids is 1. The van der Waals surface area contributed by atoms with Crippen molar-refractivity contribution in [2.75, 3.05) is 37.0 Å². The standard InChI is InChI=1S/C19H26N2O5/c1-25-17(16-6-5-11-26-16)18(22)20-14-12-13(19(23)24)7-8-15(14)21-9-3-2-4-10-21/h7-8,12,16-17H,2-6,9-11H2,1H3,(H,20,22)(H,23,24). The average molecular weight is 362 g/mol. The van der Waals surface area contributed by atoms with Crippen molar-refractivity contribution in [2.45, 2.75) is 44.3 Å². The summed E-state index contributed by atoms with van der Waals surface area (Å²) in [6.45, 7) is 2.43. The van der Waals surface area contributed by atoms with Crippen molar-refractivity contribution in [2.24, 2.45) is 0 Å². The van der Waals surface area contributed by atoms with Gasteiger partial charge in [0, 0.05) is 26.8 Å². The Balaban J connectivity index is 1.84. The lowest BCUT2D eigenvalue weighted by molar-refractivity contribution is -0.133. The molecule has 3 rings (SSSR count). The van der Waals surface area contributed by atoms with Crippen LogP contribution < -0.4 is 10.2 Å². The molecular formula is C19H26N2O5. The summed E-state index contributed by atoms with van der Waals surface area (Å²) in [5, 5.41) is 12.2. The van der Waals surface area contributed by atoms with Crippen molar-refractivity contribution in [3.8, 4) is 0 Å². The van der Waals surface area contributed by atoms with Crippen LogP contribution in [0.25, 0.3) is 0 Å². The van der Waals surface area contributed by atoms with Crippen molar-refractivity contribution in [1.29, 1.82) is 0 Å². The summed E-state index contributed by atoms with van der Waals surface area (Å²) in [4.78, 5) is 26.3. The van der Waals surface area contributed by atoms with Crippen LogP contribution >= 0.6 is 0 Å². The summed E-state index contributed by atoms with van der Waals surface area (Å²) in [5.41, 5.74) is 1.51. The van der Waals surface area contributed by atoms with Crippen LogP contribution in [0.15, 0.2) is 18.2 Å². The van der Waals surface area contributed by atoms with E-state index in [1.165, 1.54) is 19.6 Å². The molecule has 7 nitrogen and oxygen atoms in total. The van der Waals surface area contributed by atoms with Crippen molar-refractivity contribution >= 4 is 23.3 Å². The fourth-order valence-electron chi connectivity index (χ4n) is 3.65. The Morgan fingerprint density at radius 2 is 2.04 bits per heavy atom. The van der Waals surface area contributed by atoms with Crippen LogP contribution in [-0.2, 0) is 14.3 Å². The summed E-state index contributed by atoms with van der Waals surface area (Å²) < 4.78 is 10.9. The van der Waals surface area contributed by atoms with Gasteiger partial charge in [0.25, 0.3) is 5.91 Å². The number of rotatable bonds is 6. The monoisotopic (exact) mass is 362 g/mol. The van der Waals surface area contributed by atoms with Gasteiger partial charge in [0.2, 0.25) is 0 Å². The van der Waals surface area contributed by atoms with Crippen molar-refractivity contribution in [3.63, 3.8) is 0 Å². The molecule has 0 saturated carbocycles. The number of carbonyl (C=O) groups is 2. The second-order valence-corrected chi connectivity index (χ2v) is 6.78. The van der Waals surface area contributed by atoms with Gasteiger partial charge in [0.1, 0.15) is 0 Å². The van der Waals surface area contributed by atoms with Gasteiger partial charge in [-0.05, 0) is 50.3 Å². The molecule has 2 unspecified atom stereocenters. The summed E-state index contributed by atoms with van der Waals surface area (Å²) in [6.07, 6.45) is 4.08. The van der Waals surface area contributed by atoms with Gasteiger partial charge < -0.3 is 24.8 Å². The topological polar surface area (TPSA) is 88.1 Å². The number of hydrogen-bond donors (Lipinski definition) is 2. The number of nitrogens with one attached hydrogen (secondary N) is 1. The molecule has 2 heterocycles. The van der Waals surface area contributed by atoms with E-state index >= 15 is 0 Å². The summed E-state index contributed by atoms with van der Waals surface area (Å²) in [6, 6.07) is 4.88. The molecule has 1 aromatic carbocycles. The summed E-state index contributed by atoms with van der Waals surface area (Å²) in [5.74, 6) is -1.33. The minimum absolute atomic E-state index is 0.146. The van der Waals surface area contributed by atoms with Gasteiger partial charge in [-0.25, -0.2) is 4.79 Å². The Kier molecular flexibility index (Phi) is 6.11. The molecule has 142 valence electrons. The first kappa shape index (κ1) is 18.7. The van der Waals surface area contributed by atoms with Crippen molar-refractivity contribution in [3.05, 3.63) is 23.8 Å². The quantitative estimate of drug-likeness (QED) is 0.808. The highest BCUT2D eigenvalue weighted by Gasteiger charge is 2.32. The third kappa shape index (κ3) is 4.16. The van der Waals surface area contributed by atoms with E-state index in [0.717, 1.165) is 44.5 Å². The molecular weight excluding hydrogens is 336 g/mol. The fourth-order valence-corrected chi connectivity index (χ4v) is 3.65. The molecule has 0 aromatic heterocycles. The number of ether oxygens (including phenoxy) is 2. The number of benzene rings is 1. The number of amides is 1. The van der Waals surface area contributed by atoms with E-state index in [1.54, 1.807) is 12.1 Å². The van der Waals surface area contributed by atoms with Gasteiger partial charge in [-0.3, -0.25) is 4.79 Å². The molecule has 2 aliphatic heterocycles. The van der Waals surface area contributed by atoms with Gasteiger partial charge in [0.05, 0.1) is 23.0 Å². The highest BCUT2D eigenvalue weighted by atomic mass is 16.5. The molecule has 0 radical (unpaired) electrons. The largest absolute Gasteiger partial charge is 0.478 e. The second kappa shape index (κ2) is 8.51. The van der Waals surface area contributed by atoms with E-state index in [-0.39, 0.29) is 17.6 Å². The minimum atomic E-state index is -1.02. The molecule has 1 amide bonds. The van der Waals surface area contributed by atoms with Crippen LogP contribution in [0.3, 0.4) is 0 Å². The molecule has 0 spiro atoms. The summed E-state index contributed by atoms with van der Waals surface area (Å²) in [7, 11) is 1.49. The molecule has 26 heavy (non-hydrogen) atoms. The average Bonchev–Trinajstić information content (AvgIpc) is 3.17. The Bertz CT molecular complexity index is 651. The smallest absolute Gasteiger partial charge is 0.335 e. The van der Waals surface area contributed by atoms with Crippen LogP contribution in [0.5, 0.6) is 0 Å². The van der Waals surface area contributed by atoms with E-state index in [2.05, 4.69) is 10.2 Å². The maximum Gasteiger partial charge on any atom is 0.335 e. The van der Waals surface area contributed by atoms with Crippen LogP contribution in [0, 0.1) is 0 Å². The molecule has 2 saturated heterocycles. The van der Waals surface area contributed by atoms with E-state index in [9.17, 15) is 14.7 Å². The lowest BCUT2D eigenvalue weighted by Crippen LogP contribution is -2.40. The molecule has 7 heteroatoms. The maximum atomic E-state index is 12.8. The van der Waals surface area contributed by atoms with Gasteiger partial charge in [-0.2, -0.15) is 0 Å². The predicted molar refractivity (Wildman–Crippen MR) is 97.9 cm³/mol. The molecule has 2 atom stereocenters. The highest BCUT2D eigenvalue weighted by molar-refractivity contribution is 5.99. The zero-order valence-corrected chi connectivity index (χ0v) is 15.1. The lowest BCUT2D eigenvalue weighted by atomic mass is 10.1. The maximum absolute atomic E-state index is 12.8. The highest BCUT2D eigenvalue weighted by Crippen LogP contribution is 2.30. The zero-order valence-electron chi connectivity index (χ0n) is 15.1. The number of aromatic carboxylic acids is 1. The first-order valence-electron chi connectivity index (χ1n) is 9.17. The predicted octanol–water partition coefficient (Wildman–Crippen LogP) is 2.51. The minimum Gasteiger partial charge on any atom is -0.478 e. The lowest BCUT2D eigenvalue weighted by Gasteiger charge is -2.31. The van der Waals surface area contributed by atoms with Crippen molar-refractivity contribution < 1.29 is 24.2 Å². The fraction of sp³-hybridized carbons (Fsp3) is 0.579. The SMILES string of the molecule is COC(C(=O)Nc1cc(C(=O)O)ccc1N1CCCCC1)C1CCCO1. The van der Waals surface area contributed by atoms with Gasteiger partial charge in [-0.1, -0.05) is 0 Å². The van der Waals surface area contributed by atoms with Crippen LogP contribution in [-0.4, -0.2) is 56.0 Å². The normalized spacial score (nSPS) is 21.4. The van der Waals surface area contributed by atoms with Crippen molar-refractivity contribution in [1.82, 2.24) is 0 Å². The van der Waals surface area contributed by atoms with E-state index in [1.807, 2.05) is 0 Å². The van der Waals surface area contributed by atoms with Gasteiger partial charge in [-0.15, -0.1) is 0 Å². The molecule has 2 fully saturated rings. The van der Waals surface area contributed by atoms with Gasteiger partial charge >= 0.3 is 5.97 Å². The second-order valence-electron chi connectivity index (χ2n) is 6.78. The number of methoxy groups -OCH3 is 1. The zero-order chi connectivity index (χ0) is 18.5. The molecule has 0 aliphatic carbocycles. The van der Waals surface area contributed by atoms with Crippen LogP contribution in [0.1, 0.15) is 42.5 Å². The number of carboxylic acid groups (broad SMARTS) is 1. The number of carbonyl (C=O) groups excluding carboxylic acids is 1. The van der Waals surface area contributed by atoms with Crippen LogP contribution in [0.2, 0.25) is 0 Å². The van der Waals surface area contributed by atoms with Crippen LogP contribution in [0.4, 0.5) is 11.4 Å². The Hall–Kier alpha value is -2.12. The molecule has 2 N–H and O–H groups in total. The Morgan fingerprint density at radius 3 is 2.65 bits per heavy atom. The number of nitrogens with zero attached hydrogens (tertiary/aromatic N) is 1.